The molecular formula is C9H10O5. The third kappa shape index (κ3) is 1.71. The summed E-state index contributed by atoms with van der Waals surface area (Å²) in [6.45, 7) is 1.94. The van der Waals surface area contributed by atoms with Crippen molar-refractivity contribution in [1.82, 2.24) is 0 Å². The Labute approximate surface area is 80.6 Å². The highest BCUT2D eigenvalue weighted by Crippen LogP contribution is 2.26. The van der Waals surface area contributed by atoms with Crippen LogP contribution in [-0.4, -0.2) is 24.5 Å². The molecule has 1 aliphatic heterocycles. The normalized spacial score (nSPS) is 31.6. The molecule has 0 saturated carbocycles. The Bertz CT molecular complexity index is 306. The molecule has 1 saturated heterocycles. The lowest BCUT2D eigenvalue weighted by atomic mass is 9.95. The maximum Gasteiger partial charge on any atom is 0.519 e. The standard InChI is InChI=1S/C9H10O5/c1-5-2-3-6-7(4-5)13-9(11)14-8(10)12-6/h2,6-7H,3-4H2,1H3. The van der Waals surface area contributed by atoms with E-state index in [1.165, 1.54) is 0 Å². The first-order valence-electron chi connectivity index (χ1n) is 4.40. The third-order valence-electron chi connectivity index (χ3n) is 2.30. The number of carbonyl (C=O) groups excluding carboxylic acids is 2. The van der Waals surface area contributed by atoms with Gasteiger partial charge in [0.25, 0.3) is 0 Å². The van der Waals surface area contributed by atoms with E-state index in [1.807, 2.05) is 13.0 Å². The highest BCUT2D eigenvalue weighted by molar-refractivity contribution is 5.78. The first kappa shape index (κ1) is 9.05. The van der Waals surface area contributed by atoms with E-state index in [4.69, 9.17) is 9.47 Å². The molecule has 5 nitrogen and oxygen atoms in total. The van der Waals surface area contributed by atoms with Gasteiger partial charge < -0.3 is 14.2 Å². The topological polar surface area (TPSA) is 61.8 Å². The van der Waals surface area contributed by atoms with Crippen molar-refractivity contribution >= 4 is 12.3 Å². The molecule has 5 heteroatoms. The summed E-state index contributed by atoms with van der Waals surface area (Å²) in [6.07, 6.45) is 0.365. The number of carbonyl (C=O) groups is 2. The highest BCUT2D eigenvalue weighted by atomic mass is 16.8. The fourth-order valence-electron chi connectivity index (χ4n) is 1.61. The van der Waals surface area contributed by atoms with Crippen LogP contribution >= 0.6 is 0 Å². The number of cyclic esters (lactones) is 2. The molecule has 0 aromatic heterocycles. The van der Waals surface area contributed by atoms with Crippen LogP contribution in [0, 0.1) is 0 Å². The summed E-state index contributed by atoms with van der Waals surface area (Å²) in [5.41, 5.74) is 1.12. The zero-order valence-electron chi connectivity index (χ0n) is 7.69. The summed E-state index contributed by atoms with van der Waals surface area (Å²) < 4.78 is 14.0. The van der Waals surface area contributed by atoms with E-state index in [-0.39, 0.29) is 0 Å². The zero-order valence-corrected chi connectivity index (χ0v) is 7.69. The van der Waals surface area contributed by atoms with Gasteiger partial charge in [0.2, 0.25) is 0 Å². The minimum atomic E-state index is -0.976. The maximum absolute atomic E-state index is 10.9. The second-order valence-corrected chi connectivity index (χ2v) is 3.40. The maximum atomic E-state index is 10.9. The quantitative estimate of drug-likeness (QED) is 0.337. The van der Waals surface area contributed by atoms with Crippen LogP contribution < -0.4 is 0 Å². The van der Waals surface area contributed by atoms with E-state index in [0.717, 1.165) is 5.57 Å². The summed E-state index contributed by atoms with van der Waals surface area (Å²) in [4.78, 5) is 21.8. The van der Waals surface area contributed by atoms with Crippen molar-refractivity contribution in [3.8, 4) is 0 Å². The molecule has 2 rings (SSSR count). The van der Waals surface area contributed by atoms with Gasteiger partial charge in [0.05, 0.1) is 0 Å². The molecule has 0 spiro atoms. The molecule has 1 aliphatic carbocycles. The van der Waals surface area contributed by atoms with Crippen LogP contribution in [0.1, 0.15) is 19.8 Å². The molecule has 0 aromatic carbocycles. The number of rotatable bonds is 0. The first-order chi connectivity index (χ1) is 6.65. The predicted octanol–water partition coefficient (Wildman–Crippen LogP) is 1.77. The molecule has 2 atom stereocenters. The second kappa shape index (κ2) is 3.32. The van der Waals surface area contributed by atoms with Crippen molar-refractivity contribution in [3.63, 3.8) is 0 Å². The SMILES string of the molecule is CC1=CCC2OC(=O)OC(=O)OC2C1. The summed E-state index contributed by atoms with van der Waals surface area (Å²) in [7, 11) is 0. The van der Waals surface area contributed by atoms with Gasteiger partial charge in [-0.2, -0.15) is 0 Å². The van der Waals surface area contributed by atoms with Crippen LogP contribution in [0.25, 0.3) is 0 Å². The van der Waals surface area contributed by atoms with Crippen LogP contribution in [0.5, 0.6) is 0 Å². The summed E-state index contributed by atoms with van der Waals surface area (Å²) >= 11 is 0. The van der Waals surface area contributed by atoms with Crippen molar-refractivity contribution < 1.29 is 23.8 Å². The molecule has 0 N–H and O–H groups in total. The van der Waals surface area contributed by atoms with Crippen LogP contribution in [-0.2, 0) is 14.2 Å². The van der Waals surface area contributed by atoms with E-state index in [1.54, 1.807) is 0 Å². The first-order valence-corrected chi connectivity index (χ1v) is 4.40. The van der Waals surface area contributed by atoms with Gasteiger partial charge in [0, 0.05) is 12.8 Å². The van der Waals surface area contributed by atoms with Gasteiger partial charge in [-0.3, -0.25) is 0 Å². The Kier molecular flexibility index (Phi) is 2.15. The summed E-state index contributed by atoms with van der Waals surface area (Å²) in [5.74, 6) is 0. The number of hydrogen-bond acceptors (Lipinski definition) is 5. The molecule has 0 aromatic rings. The number of ether oxygens (including phenoxy) is 3. The number of hydrogen-bond donors (Lipinski definition) is 0. The predicted molar refractivity (Wildman–Crippen MR) is 44.6 cm³/mol. The van der Waals surface area contributed by atoms with Crippen molar-refractivity contribution in [2.75, 3.05) is 0 Å². The minimum absolute atomic E-state index is 0.404. The van der Waals surface area contributed by atoms with E-state index < -0.39 is 24.5 Å². The Morgan fingerprint density at radius 1 is 1.21 bits per heavy atom. The molecule has 14 heavy (non-hydrogen) atoms. The van der Waals surface area contributed by atoms with Crippen LogP contribution in [0.3, 0.4) is 0 Å². The van der Waals surface area contributed by atoms with Crippen LogP contribution in [0.4, 0.5) is 9.59 Å². The average molecular weight is 198 g/mol. The Morgan fingerprint density at radius 3 is 2.57 bits per heavy atom. The van der Waals surface area contributed by atoms with E-state index in [9.17, 15) is 9.59 Å². The molecule has 1 fully saturated rings. The Morgan fingerprint density at radius 2 is 1.86 bits per heavy atom. The largest absolute Gasteiger partial charge is 0.519 e. The molecule has 2 aliphatic rings. The molecule has 0 radical (unpaired) electrons. The molecule has 0 bridgehead atoms. The van der Waals surface area contributed by atoms with Crippen molar-refractivity contribution in [1.29, 1.82) is 0 Å². The van der Waals surface area contributed by atoms with E-state index >= 15 is 0 Å². The van der Waals surface area contributed by atoms with E-state index in [0.29, 0.717) is 12.8 Å². The van der Waals surface area contributed by atoms with Gasteiger partial charge in [-0.25, -0.2) is 9.59 Å². The zero-order chi connectivity index (χ0) is 10.1. The van der Waals surface area contributed by atoms with Crippen molar-refractivity contribution in [3.05, 3.63) is 11.6 Å². The van der Waals surface area contributed by atoms with Gasteiger partial charge in [-0.1, -0.05) is 11.6 Å². The van der Waals surface area contributed by atoms with Crippen LogP contribution in [0.15, 0.2) is 11.6 Å². The Balaban J connectivity index is 2.16. The molecular weight excluding hydrogens is 188 g/mol. The monoisotopic (exact) mass is 198 g/mol. The lowest BCUT2D eigenvalue weighted by Gasteiger charge is -2.25. The van der Waals surface area contributed by atoms with Crippen LogP contribution in [0.2, 0.25) is 0 Å². The lowest BCUT2D eigenvalue weighted by molar-refractivity contribution is 0.0111. The van der Waals surface area contributed by atoms with Crippen molar-refractivity contribution in [2.24, 2.45) is 0 Å². The summed E-state index contributed by atoms with van der Waals surface area (Å²) in [5, 5.41) is 0. The molecule has 0 amide bonds. The third-order valence-corrected chi connectivity index (χ3v) is 2.30. The van der Waals surface area contributed by atoms with Gasteiger partial charge in [-0.05, 0) is 6.92 Å². The molecule has 76 valence electrons. The average Bonchev–Trinajstić information content (AvgIpc) is 2.21. The lowest BCUT2D eigenvalue weighted by Crippen LogP contribution is -2.33. The molecule has 1 heterocycles. The van der Waals surface area contributed by atoms with E-state index in [2.05, 4.69) is 4.74 Å². The fraction of sp³-hybridized carbons (Fsp3) is 0.556. The summed E-state index contributed by atoms with van der Waals surface area (Å²) in [6, 6.07) is 0. The van der Waals surface area contributed by atoms with Gasteiger partial charge in [-0.15, -0.1) is 0 Å². The molecule has 2 unspecified atom stereocenters. The smallest absolute Gasteiger partial charge is 0.426 e. The van der Waals surface area contributed by atoms with Gasteiger partial charge in [0.1, 0.15) is 12.2 Å². The van der Waals surface area contributed by atoms with Gasteiger partial charge >= 0.3 is 12.3 Å². The minimum Gasteiger partial charge on any atom is -0.426 e. The fourth-order valence-corrected chi connectivity index (χ4v) is 1.61. The Hall–Kier alpha value is -1.52. The highest BCUT2D eigenvalue weighted by Gasteiger charge is 2.36. The van der Waals surface area contributed by atoms with Gasteiger partial charge in [0.15, 0.2) is 0 Å². The van der Waals surface area contributed by atoms with Crippen molar-refractivity contribution in [2.45, 2.75) is 32.0 Å². The second-order valence-electron chi connectivity index (χ2n) is 3.40. The number of fused-ring (bicyclic) bond motifs is 1.